The van der Waals surface area contributed by atoms with Gasteiger partial charge < -0.3 is 16.2 Å². The molecule has 0 bridgehead atoms. The topological polar surface area (TPSA) is 92.4 Å². The second-order valence-corrected chi connectivity index (χ2v) is 8.20. The fourth-order valence-electron chi connectivity index (χ4n) is 3.39. The van der Waals surface area contributed by atoms with Crippen molar-refractivity contribution < 1.29 is 14.7 Å². The molecule has 0 unspecified atom stereocenters. The molecule has 150 valence electrons. The van der Waals surface area contributed by atoms with Crippen molar-refractivity contribution in [3.8, 4) is 0 Å². The molecule has 0 saturated heterocycles. The van der Waals surface area contributed by atoms with E-state index in [0.717, 1.165) is 31.2 Å². The van der Waals surface area contributed by atoms with Gasteiger partial charge in [0.15, 0.2) is 0 Å². The average molecular weight is 393 g/mol. The van der Waals surface area contributed by atoms with Crippen LogP contribution >= 0.6 is 12.2 Å². The summed E-state index contributed by atoms with van der Waals surface area (Å²) >= 11 is 4.31. The first-order valence-electron chi connectivity index (χ1n) is 9.53. The largest absolute Gasteiger partial charge is 0.480 e. The Morgan fingerprint density at radius 1 is 1.19 bits per heavy atom. The average Bonchev–Trinajstić information content (AvgIpc) is 2.61. The molecule has 1 aliphatic carbocycles. The van der Waals surface area contributed by atoms with E-state index in [1.165, 1.54) is 0 Å². The molecule has 1 atom stereocenters. The Labute approximate surface area is 167 Å². The third kappa shape index (κ3) is 9.00. The van der Waals surface area contributed by atoms with Crippen molar-refractivity contribution >= 4 is 29.1 Å². The number of rotatable bonds is 6. The fourth-order valence-corrected chi connectivity index (χ4v) is 3.39. The summed E-state index contributed by atoms with van der Waals surface area (Å²) in [5, 5.41) is 12.1. The number of carbonyl (C=O) groups is 2. The molecule has 1 aromatic carbocycles. The zero-order chi connectivity index (χ0) is 20.4. The highest BCUT2D eigenvalue weighted by Gasteiger charge is 2.30. The minimum absolute atomic E-state index is 0.0392. The minimum Gasteiger partial charge on any atom is -0.480 e. The van der Waals surface area contributed by atoms with Gasteiger partial charge in [0.1, 0.15) is 6.04 Å². The Kier molecular flexibility index (Phi) is 10.0. The molecule has 1 aromatic rings. The molecule has 6 heteroatoms. The molecule has 1 saturated carbocycles. The van der Waals surface area contributed by atoms with Gasteiger partial charge in [-0.3, -0.25) is 4.79 Å². The second kappa shape index (κ2) is 11.7. The molecule has 0 radical (unpaired) electrons. The molecule has 0 spiro atoms. The van der Waals surface area contributed by atoms with Gasteiger partial charge in [0.2, 0.25) is 5.91 Å². The van der Waals surface area contributed by atoms with Gasteiger partial charge >= 0.3 is 5.97 Å². The van der Waals surface area contributed by atoms with Crippen LogP contribution in [0.5, 0.6) is 0 Å². The van der Waals surface area contributed by atoms with E-state index < -0.39 is 12.0 Å². The summed E-state index contributed by atoms with van der Waals surface area (Å²) in [6.07, 6.45) is 4.18. The molecule has 1 amide bonds. The SMILES string of the molecule is CC(C)[C@H]1CC[C@H](C(=O)N[C@H](Cc2ccccc2)C(=O)O)CC1.CC(N)=S. The van der Waals surface area contributed by atoms with Crippen LogP contribution in [-0.4, -0.2) is 28.0 Å². The van der Waals surface area contributed by atoms with Gasteiger partial charge in [0.05, 0.1) is 4.99 Å². The summed E-state index contributed by atoms with van der Waals surface area (Å²) in [7, 11) is 0. The second-order valence-electron chi connectivity index (χ2n) is 7.56. The van der Waals surface area contributed by atoms with Gasteiger partial charge in [0.25, 0.3) is 0 Å². The Bertz CT molecular complexity index is 607. The van der Waals surface area contributed by atoms with Crippen molar-refractivity contribution in [2.24, 2.45) is 23.5 Å². The van der Waals surface area contributed by atoms with Crippen molar-refractivity contribution in [3.05, 3.63) is 35.9 Å². The van der Waals surface area contributed by atoms with E-state index in [9.17, 15) is 14.7 Å². The lowest BCUT2D eigenvalue weighted by atomic mass is 9.76. The van der Waals surface area contributed by atoms with Gasteiger partial charge in [-0.1, -0.05) is 56.4 Å². The number of thiocarbonyl (C=S) groups is 1. The highest BCUT2D eigenvalue weighted by molar-refractivity contribution is 7.80. The van der Waals surface area contributed by atoms with Gasteiger partial charge in [-0.05, 0) is 50.0 Å². The van der Waals surface area contributed by atoms with Crippen LogP contribution < -0.4 is 11.1 Å². The molecular weight excluding hydrogens is 360 g/mol. The van der Waals surface area contributed by atoms with Crippen molar-refractivity contribution in [2.75, 3.05) is 0 Å². The van der Waals surface area contributed by atoms with Gasteiger partial charge in [-0.25, -0.2) is 4.79 Å². The molecule has 1 aliphatic rings. The normalized spacial score (nSPS) is 20.1. The Balaban J connectivity index is 0.000000828. The quantitative estimate of drug-likeness (QED) is 0.644. The minimum atomic E-state index is -0.974. The number of carbonyl (C=O) groups excluding carboxylic acids is 1. The van der Waals surface area contributed by atoms with Crippen LogP contribution in [0.2, 0.25) is 0 Å². The maximum atomic E-state index is 12.4. The van der Waals surface area contributed by atoms with E-state index in [1.54, 1.807) is 6.92 Å². The summed E-state index contributed by atoms with van der Waals surface area (Å²) in [6.45, 7) is 6.13. The third-order valence-corrected chi connectivity index (χ3v) is 4.98. The van der Waals surface area contributed by atoms with Crippen LogP contribution in [-0.2, 0) is 16.0 Å². The highest BCUT2D eigenvalue weighted by atomic mass is 32.1. The number of carboxylic acids is 1. The molecule has 4 N–H and O–H groups in total. The Morgan fingerprint density at radius 2 is 1.70 bits per heavy atom. The van der Waals surface area contributed by atoms with Gasteiger partial charge in [-0.15, -0.1) is 0 Å². The highest BCUT2D eigenvalue weighted by Crippen LogP contribution is 2.33. The standard InChI is InChI=1S/C19H27NO3.C2H5NS/c1-13(2)15-8-10-16(11-9-15)18(21)20-17(19(22)23)12-14-6-4-3-5-7-14;1-2(3)4/h3-7,13,15-17H,8-12H2,1-2H3,(H,20,21)(H,22,23);1H3,(H2,3,4)/t15-,16-,17-;/m1./s1. The lowest BCUT2D eigenvalue weighted by Crippen LogP contribution is -2.45. The van der Waals surface area contributed by atoms with Crippen molar-refractivity contribution in [1.82, 2.24) is 5.32 Å². The maximum Gasteiger partial charge on any atom is 0.326 e. The molecular formula is C21H32N2O3S. The molecule has 0 heterocycles. The first-order chi connectivity index (χ1) is 12.7. The van der Waals surface area contributed by atoms with Crippen LogP contribution in [0, 0.1) is 17.8 Å². The number of nitrogens with two attached hydrogens (primary N) is 1. The lowest BCUT2D eigenvalue weighted by Gasteiger charge is -2.30. The zero-order valence-electron chi connectivity index (χ0n) is 16.5. The molecule has 27 heavy (non-hydrogen) atoms. The summed E-state index contributed by atoms with van der Waals surface area (Å²) in [5.74, 6) is 0.235. The van der Waals surface area contributed by atoms with E-state index in [-0.39, 0.29) is 11.8 Å². The number of amides is 1. The third-order valence-electron chi connectivity index (χ3n) is 4.98. The molecule has 0 aliphatic heterocycles. The first kappa shape index (κ1) is 23.1. The summed E-state index contributed by atoms with van der Waals surface area (Å²) < 4.78 is 0. The van der Waals surface area contributed by atoms with Crippen molar-refractivity contribution in [3.63, 3.8) is 0 Å². The number of benzene rings is 1. The van der Waals surface area contributed by atoms with Crippen LogP contribution in [0.25, 0.3) is 0 Å². The van der Waals surface area contributed by atoms with E-state index in [4.69, 9.17) is 5.73 Å². The Hall–Kier alpha value is -1.95. The van der Waals surface area contributed by atoms with E-state index in [0.29, 0.717) is 23.2 Å². The predicted octanol–water partition coefficient (Wildman–Crippen LogP) is 3.55. The van der Waals surface area contributed by atoms with Crippen molar-refractivity contribution in [2.45, 2.75) is 58.9 Å². The van der Waals surface area contributed by atoms with Crippen molar-refractivity contribution in [1.29, 1.82) is 0 Å². The molecule has 2 rings (SSSR count). The van der Waals surface area contributed by atoms with E-state index in [2.05, 4.69) is 31.4 Å². The monoisotopic (exact) mass is 392 g/mol. The van der Waals surface area contributed by atoms with E-state index >= 15 is 0 Å². The molecule has 1 fully saturated rings. The number of hydrogen-bond acceptors (Lipinski definition) is 3. The molecule has 0 aromatic heterocycles. The number of hydrogen-bond donors (Lipinski definition) is 3. The predicted molar refractivity (Wildman–Crippen MR) is 112 cm³/mol. The summed E-state index contributed by atoms with van der Waals surface area (Å²) in [4.78, 5) is 24.4. The maximum absolute atomic E-state index is 12.4. The van der Waals surface area contributed by atoms with Gasteiger partial charge in [-0.2, -0.15) is 0 Å². The first-order valence-corrected chi connectivity index (χ1v) is 9.94. The Morgan fingerprint density at radius 3 is 2.15 bits per heavy atom. The van der Waals surface area contributed by atoms with E-state index in [1.807, 2.05) is 30.3 Å². The van der Waals surface area contributed by atoms with Crippen LogP contribution in [0.3, 0.4) is 0 Å². The zero-order valence-corrected chi connectivity index (χ0v) is 17.3. The number of carboxylic acid groups (broad SMARTS) is 1. The smallest absolute Gasteiger partial charge is 0.326 e. The number of aliphatic carboxylic acids is 1. The molecule has 5 nitrogen and oxygen atoms in total. The van der Waals surface area contributed by atoms with Gasteiger partial charge in [0, 0.05) is 12.3 Å². The lowest BCUT2D eigenvalue weighted by molar-refractivity contribution is -0.142. The van der Waals surface area contributed by atoms with Crippen LogP contribution in [0.1, 0.15) is 52.0 Å². The summed E-state index contributed by atoms with van der Waals surface area (Å²) in [6, 6.07) is 8.57. The summed E-state index contributed by atoms with van der Waals surface area (Å²) in [5.41, 5.74) is 5.76. The number of nitrogens with one attached hydrogen (secondary N) is 1. The fraction of sp³-hybridized carbons (Fsp3) is 0.571. The van der Waals surface area contributed by atoms with Crippen LogP contribution in [0.4, 0.5) is 0 Å². The van der Waals surface area contributed by atoms with Crippen LogP contribution in [0.15, 0.2) is 30.3 Å².